The number of thiophene rings is 1. The molecule has 0 aromatic carbocycles. The van der Waals surface area contributed by atoms with Crippen LogP contribution in [0.15, 0.2) is 45.3 Å². The maximum atomic E-state index is 12.2. The van der Waals surface area contributed by atoms with Crippen LogP contribution >= 0.6 is 11.3 Å². The topological polar surface area (TPSA) is 125 Å². The van der Waals surface area contributed by atoms with Gasteiger partial charge in [-0.25, -0.2) is 13.1 Å². The molecule has 0 aliphatic rings. The van der Waals surface area contributed by atoms with Crippen molar-refractivity contribution in [1.82, 2.24) is 9.71 Å². The third-order valence-electron chi connectivity index (χ3n) is 2.47. The molecule has 2 aromatic heterocycles. The molecule has 0 fully saturated rings. The summed E-state index contributed by atoms with van der Waals surface area (Å²) in [6.07, 6.45) is 3.11. The van der Waals surface area contributed by atoms with Crippen LogP contribution in [0.4, 0.5) is 0 Å². The van der Waals surface area contributed by atoms with Crippen LogP contribution in [-0.4, -0.2) is 19.3 Å². The Morgan fingerprint density at radius 1 is 1.48 bits per heavy atom. The maximum Gasteiger partial charge on any atom is 0.251 e. The minimum atomic E-state index is -3.88. The van der Waals surface area contributed by atoms with Crippen LogP contribution in [0.3, 0.4) is 0 Å². The summed E-state index contributed by atoms with van der Waals surface area (Å²) in [6.45, 7) is 0.0428. The van der Waals surface area contributed by atoms with E-state index < -0.39 is 15.9 Å². The number of nitrogens with one attached hydrogen (secondary N) is 1. The van der Waals surface area contributed by atoms with Gasteiger partial charge in [-0.2, -0.15) is 11.3 Å². The monoisotopic (exact) mass is 323 g/mol. The number of nitrogens with zero attached hydrogens (tertiary/aromatic N) is 4. The van der Waals surface area contributed by atoms with E-state index in [0.717, 1.165) is 11.3 Å². The zero-order chi connectivity index (χ0) is 15.3. The Bertz CT molecular complexity index is 794. The molecule has 0 saturated heterocycles. The van der Waals surface area contributed by atoms with Gasteiger partial charge in [0.15, 0.2) is 0 Å². The second-order valence-electron chi connectivity index (χ2n) is 3.83. The standard InChI is InChI=1S/C11H9N5O3S2/c12-16-15-11(17)9-6-20-7-10(9)21(18,19)14-5-8-2-1-3-13-4-8/h1-4,6-7,14H,5H2. The van der Waals surface area contributed by atoms with Crippen molar-refractivity contribution >= 4 is 27.3 Å². The van der Waals surface area contributed by atoms with Crippen molar-refractivity contribution in [3.05, 3.63) is 56.9 Å². The summed E-state index contributed by atoms with van der Waals surface area (Å²) in [7, 11) is -3.88. The van der Waals surface area contributed by atoms with Crippen LogP contribution in [0.5, 0.6) is 0 Å². The van der Waals surface area contributed by atoms with E-state index in [1.807, 2.05) is 0 Å². The summed E-state index contributed by atoms with van der Waals surface area (Å²) >= 11 is 1.03. The summed E-state index contributed by atoms with van der Waals surface area (Å²) in [5.41, 5.74) is 8.79. The van der Waals surface area contributed by atoms with E-state index in [2.05, 4.69) is 19.7 Å². The first-order valence-corrected chi connectivity index (χ1v) is 8.01. The molecule has 0 spiro atoms. The molecule has 1 N–H and O–H groups in total. The number of carbonyl (C=O) groups excluding carboxylic acids is 1. The molecule has 2 heterocycles. The maximum absolute atomic E-state index is 12.2. The lowest BCUT2D eigenvalue weighted by molar-refractivity contribution is 0.0998. The summed E-state index contributed by atoms with van der Waals surface area (Å²) in [5.74, 6) is -0.930. The Labute approximate surface area is 124 Å². The lowest BCUT2D eigenvalue weighted by atomic mass is 10.3. The van der Waals surface area contributed by atoms with Gasteiger partial charge in [0.2, 0.25) is 10.0 Å². The van der Waals surface area contributed by atoms with Crippen LogP contribution in [0.1, 0.15) is 15.9 Å². The summed E-state index contributed by atoms with van der Waals surface area (Å²) in [6, 6.07) is 3.40. The smallest absolute Gasteiger partial charge is 0.251 e. The van der Waals surface area contributed by atoms with Gasteiger partial charge < -0.3 is 0 Å². The van der Waals surface area contributed by atoms with E-state index in [0.29, 0.717) is 5.56 Å². The average molecular weight is 323 g/mol. The molecule has 0 aliphatic heterocycles. The molecule has 0 atom stereocenters. The second-order valence-corrected chi connectivity index (χ2v) is 6.31. The lowest BCUT2D eigenvalue weighted by Crippen LogP contribution is -2.24. The van der Waals surface area contributed by atoms with Crippen LogP contribution < -0.4 is 4.72 Å². The molecule has 8 nitrogen and oxygen atoms in total. The molecule has 0 saturated carbocycles. The number of azide groups is 1. The van der Waals surface area contributed by atoms with Crippen molar-refractivity contribution in [2.45, 2.75) is 11.4 Å². The zero-order valence-corrected chi connectivity index (χ0v) is 12.1. The number of amides is 1. The number of hydrogen-bond acceptors (Lipinski definition) is 5. The lowest BCUT2D eigenvalue weighted by Gasteiger charge is -2.06. The Balaban J connectivity index is 2.23. The predicted molar refractivity (Wildman–Crippen MR) is 76.1 cm³/mol. The first kappa shape index (κ1) is 15.1. The minimum Gasteiger partial charge on any atom is -0.287 e. The first-order chi connectivity index (χ1) is 10.0. The van der Waals surface area contributed by atoms with Crippen LogP contribution in [0.2, 0.25) is 0 Å². The van der Waals surface area contributed by atoms with Crippen LogP contribution in [0.25, 0.3) is 10.4 Å². The van der Waals surface area contributed by atoms with Gasteiger partial charge in [0.1, 0.15) is 4.90 Å². The number of carbonyl (C=O) groups is 1. The predicted octanol–water partition coefficient (Wildman–Crippen LogP) is 2.07. The number of rotatable bonds is 5. The van der Waals surface area contributed by atoms with E-state index in [4.69, 9.17) is 5.53 Å². The van der Waals surface area contributed by atoms with Gasteiger partial charge in [0, 0.05) is 34.6 Å². The highest BCUT2D eigenvalue weighted by molar-refractivity contribution is 7.89. The van der Waals surface area contributed by atoms with Crippen LogP contribution in [-0.2, 0) is 16.6 Å². The van der Waals surface area contributed by atoms with Gasteiger partial charge in [0.05, 0.1) is 5.56 Å². The molecule has 0 unspecified atom stereocenters. The number of sulfonamides is 1. The minimum absolute atomic E-state index is 0.0428. The fraction of sp³-hybridized carbons (Fsp3) is 0.0909. The molecule has 2 aromatic rings. The van der Waals surface area contributed by atoms with Gasteiger partial charge in [-0.3, -0.25) is 9.78 Å². The fourth-order valence-electron chi connectivity index (χ4n) is 1.50. The highest BCUT2D eigenvalue weighted by Crippen LogP contribution is 2.21. The third-order valence-corrected chi connectivity index (χ3v) is 4.80. The Morgan fingerprint density at radius 2 is 2.29 bits per heavy atom. The van der Waals surface area contributed by atoms with Gasteiger partial charge in [-0.15, -0.1) is 0 Å². The highest BCUT2D eigenvalue weighted by Gasteiger charge is 2.22. The van der Waals surface area contributed by atoms with Gasteiger partial charge >= 0.3 is 0 Å². The van der Waals surface area contributed by atoms with Gasteiger partial charge in [-0.05, 0) is 22.3 Å². The molecule has 10 heteroatoms. The normalized spacial score (nSPS) is 10.9. The van der Waals surface area contributed by atoms with Crippen molar-refractivity contribution in [2.75, 3.05) is 0 Å². The molecular formula is C11H9N5O3S2. The Morgan fingerprint density at radius 3 is 2.95 bits per heavy atom. The molecule has 0 radical (unpaired) electrons. The average Bonchev–Trinajstić information content (AvgIpc) is 2.97. The third kappa shape index (κ3) is 3.64. The molecular weight excluding hydrogens is 314 g/mol. The second kappa shape index (κ2) is 6.46. The number of hydrogen-bond donors (Lipinski definition) is 1. The summed E-state index contributed by atoms with van der Waals surface area (Å²) in [4.78, 5) is 17.6. The SMILES string of the molecule is [N-]=[N+]=NC(=O)c1cscc1S(=O)(=O)NCc1cccnc1. The zero-order valence-electron chi connectivity index (χ0n) is 10.5. The largest absolute Gasteiger partial charge is 0.287 e. The molecule has 108 valence electrons. The highest BCUT2D eigenvalue weighted by atomic mass is 32.2. The van der Waals surface area contributed by atoms with E-state index in [-0.39, 0.29) is 17.0 Å². The Kier molecular flexibility index (Phi) is 4.66. The molecule has 1 amide bonds. The van der Waals surface area contributed by atoms with Crippen LogP contribution in [0, 0.1) is 0 Å². The quantitative estimate of drug-likeness (QED) is 0.513. The summed E-state index contributed by atoms with van der Waals surface area (Å²) < 4.78 is 26.7. The fourth-order valence-corrected chi connectivity index (χ4v) is 3.88. The van der Waals surface area contributed by atoms with Crippen molar-refractivity contribution in [3.63, 3.8) is 0 Å². The van der Waals surface area contributed by atoms with Crippen molar-refractivity contribution in [2.24, 2.45) is 5.11 Å². The van der Waals surface area contributed by atoms with E-state index >= 15 is 0 Å². The molecule has 2 rings (SSSR count). The van der Waals surface area contributed by atoms with E-state index in [1.54, 1.807) is 18.3 Å². The summed E-state index contributed by atoms with van der Waals surface area (Å²) in [5, 5.41) is 5.55. The van der Waals surface area contributed by atoms with Crippen molar-refractivity contribution in [1.29, 1.82) is 0 Å². The van der Waals surface area contributed by atoms with E-state index in [1.165, 1.54) is 17.0 Å². The van der Waals surface area contributed by atoms with E-state index in [9.17, 15) is 13.2 Å². The number of aromatic nitrogens is 1. The van der Waals surface area contributed by atoms with Crippen molar-refractivity contribution < 1.29 is 13.2 Å². The molecule has 21 heavy (non-hydrogen) atoms. The van der Waals surface area contributed by atoms with Gasteiger partial charge in [-0.1, -0.05) is 6.07 Å². The first-order valence-electron chi connectivity index (χ1n) is 5.59. The Hall–Kier alpha value is -2.26. The van der Waals surface area contributed by atoms with Crippen molar-refractivity contribution in [3.8, 4) is 0 Å². The number of pyridine rings is 1. The molecule has 0 aliphatic carbocycles. The van der Waals surface area contributed by atoms with Gasteiger partial charge in [0.25, 0.3) is 5.91 Å². The molecule has 0 bridgehead atoms.